The van der Waals surface area contributed by atoms with Crippen LogP contribution in [0.4, 0.5) is 8.78 Å². The normalized spacial score (nSPS) is 28.1. The smallest absolute Gasteiger partial charge is 0.268 e. The molecular weight excluding hydrogens is 210 g/mol. The molecule has 0 radical (unpaired) electrons. The summed E-state index contributed by atoms with van der Waals surface area (Å²) < 4.78 is 27.7. The molecule has 2 heterocycles. The van der Waals surface area contributed by atoms with Gasteiger partial charge in [-0.2, -0.15) is 0 Å². The summed E-state index contributed by atoms with van der Waals surface area (Å²) in [6.45, 7) is 8.61. The Balaban J connectivity index is 0.000000606. The van der Waals surface area contributed by atoms with Crippen molar-refractivity contribution in [3.8, 4) is 0 Å². The van der Waals surface area contributed by atoms with Gasteiger partial charge in [0.15, 0.2) is 0 Å². The molecule has 1 spiro atoms. The fourth-order valence-electron chi connectivity index (χ4n) is 2.73. The highest BCUT2D eigenvalue weighted by Crippen LogP contribution is 2.49. The molecule has 2 rings (SSSR count). The Bertz CT molecular complexity index is 225. The first-order chi connectivity index (χ1) is 7.49. The van der Waals surface area contributed by atoms with E-state index in [9.17, 15) is 8.78 Å². The predicted molar refractivity (Wildman–Crippen MR) is 63.0 cm³/mol. The molecule has 0 aromatic carbocycles. The van der Waals surface area contributed by atoms with Crippen molar-refractivity contribution in [2.45, 2.75) is 33.1 Å². The summed E-state index contributed by atoms with van der Waals surface area (Å²) >= 11 is 0. The molecule has 96 valence electrons. The average Bonchev–Trinajstić information content (AvgIpc) is 2.22. The second-order valence-electron chi connectivity index (χ2n) is 4.78. The molecule has 2 fully saturated rings. The van der Waals surface area contributed by atoms with Crippen molar-refractivity contribution in [2.75, 3.05) is 39.8 Å². The van der Waals surface area contributed by atoms with E-state index < -0.39 is 11.3 Å². The molecule has 0 atom stereocenters. The largest absolute Gasteiger partial charge is 0.305 e. The molecule has 2 nitrogen and oxygen atoms in total. The first kappa shape index (κ1) is 13.8. The number of nitrogens with zero attached hydrogens (tertiary/aromatic N) is 2. The number of alkyl halides is 2. The third-order valence-electron chi connectivity index (χ3n) is 3.70. The van der Waals surface area contributed by atoms with E-state index in [0.717, 1.165) is 13.1 Å². The zero-order valence-electron chi connectivity index (χ0n) is 10.9. The van der Waals surface area contributed by atoms with Crippen molar-refractivity contribution in [3.63, 3.8) is 0 Å². The van der Waals surface area contributed by atoms with Crippen molar-refractivity contribution >= 4 is 0 Å². The molecule has 0 bridgehead atoms. The molecular formula is C12H24F2N2. The summed E-state index contributed by atoms with van der Waals surface area (Å²) in [4.78, 5) is 3.83. The first-order valence-electron chi connectivity index (χ1n) is 6.28. The molecule has 0 aliphatic carbocycles. The predicted octanol–water partition coefficient (Wildman–Crippen LogP) is 2.31. The maximum absolute atomic E-state index is 13.8. The zero-order chi connectivity index (χ0) is 12.4. The van der Waals surface area contributed by atoms with Crippen molar-refractivity contribution in [3.05, 3.63) is 0 Å². The summed E-state index contributed by atoms with van der Waals surface area (Å²) in [5, 5.41) is 0. The van der Waals surface area contributed by atoms with Crippen LogP contribution in [-0.2, 0) is 0 Å². The van der Waals surface area contributed by atoms with E-state index in [4.69, 9.17) is 0 Å². The minimum atomic E-state index is -2.49. The highest BCUT2D eigenvalue weighted by molar-refractivity contribution is 5.06. The standard InChI is InChI=1S/C10H18F2N2.C2H6/c1-3-14-5-4-9(6-13(2)7-9)10(11,12)8-14;1-2/h3-8H2,1-2H3;1-2H3. The van der Waals surface area contributed by atoms with Gasteiger partial charge in [0.2, 0.25) is 0 Å². The maximum Gasteiger partial charge on any atom is 0.268 e. The van der Waals surface area contributed by atoms with E-state index in [1.54, 1.807) is 0 Å². The van der Waals surface area contributed by atoms with E-state index in [0.29, 0.717) is 19.5 Å². The van der Waals surface area contributed by atoms with Gasteiger partial charge in [-0.25, -0.2) is 8.78 Å². The lowest BCUT2D eigenvalue weighted by Crippen LogP contribution is -2.69. The van der Waals surface area contributed by atoms with Crippen molar-refractivity contribution in [1.82, 2.24) is 9.80 Å². The highest BCUT2D eigenvalue weighted by atomic mass is 19.3. The van der Waals surface area contributed by atoms with Crippen LogP contribution in [0.2, 0.25) is 0 Å². The summed E-state index contributed by atoms with van der Waals surface area (Å²) in [6.07, 6.45) is 0.651. The SMILES string of the molecule is CC.CCN1CCC2(CN(C)C2)C(F)(F)C1. The van der Waals surface area contributed by atoms with Gasteiger partial charge in [-0.15, -0.1) is 0 Å². The first-order valence-corrected chi connectivity index (χ1v) is 6.28. The number of hydrogen-bond donors (Lipinski definition) is 0. The molecule has 0 saturated carbocycles. The van der Waals surface area contributed by atoms with Crippen molar-refractivity contribution in [2.24, 2.45) is 5.41 Å². The summed E-state index contributed by atoms with van der Waals surface area (Å²) in [6, 6.07) is 0. The maximum atomic E-state index is 13.8. The van der Waals surface area contributed by atoms with Gasteiger partial charge in [-0.3, -0.25) is 4.90 Å². The Kier molecular flexibility index (Phi) is 4.29. The van der Waals surface area contributed by atoms with Crippen molar-refractivity contribution < 1.29 is 8.78 Å². The van der Waals surface area contributed by atoms with Crippen LogP contribution < -0.4 is 0 Å². The van der Waals surface area contributed by atoms with Crippen LogP contribution in [0.5, 0.6) is 0 Å². The third kappa shape index (κ3) is 2.23. The van der Waals surface area contributed by atoms with Gasteiger partial charge in [0.25, 0.3) is 5.92 Å². The summed E-state index contributed by atoms with van der Waals surface area (Å²) in [5.74, 6) is -2.49. The Morgan fingerprint density at radius 3 is 2.06 bits per heavy atom. The molecule has 2 aliphatic heterocycles. The Morgan fingerprint density at radius 1 is 1.12 bits per heavy atom. The van der Waals surface area contributed by atoms with E-state index in [1.165, 1.54) is 0 Å². The van der Waals surface area contributed by atoms with E-state index in [2.05, 4.69) is 0 Å². The van der Waals surface area contributed by atoms with Gasteiger partial charge >= 0.3 is 0 Å². The second kappa shape index (κ2) is 4.96. The quantitative estimate of drug-likeness (QED) is 0.687. The van der Waals surface area contributed by atoms with Gasteiger partial charge < -0.3 is 4.90 Å². The minimum absolute atomic E-state index is 0.0443. The lowest BCUT2D eigenvalue weighted by molar-refractivity contribution is -0.219. The van der Waals surface area contributed by atoms with Crippen LogP contribution in [-0.4, -0.2) is 55.5 Å². The summed E-state index contributed by atoms with van der Waals surface area (Å²) in [5.41, 5.74) is -0.701. The van der Waals surface area contributed by atoms with E-state index in [1.807, 2.05) is 37.6 Å². The molecule has 2 aliphatic rings. The number of hydrogen-bond acceptors (Lipinski definition) is 2. The van der Waals surface area contributed by atoms with Gasteiger partial charge in [0.1, 0.15) is 0 Å². The van der Waals surface area contributed by atoms with Gasteiger partial charge in [-0.1, -0.05) is 20.8 Å². The van der Waals surface area contributed by atoms with Crippen LogP contribution in [0.15, 0.2) is 0 Å². The van der Waals surface area contributed by atoms with E-state index >= 15 is 0 Å². The minimum Gasteiger partial charge on any atom is -0.305 e. The van der Waals surface area contributed by atoms with Crippen LogP contribution in [0, 0.1) is 5.41 Å². The fraction of sp³-hybridized carbons (Fsp3) is 1.00. The molecule has 0 aromatic heterocycles. The second-order valence-corrected chi connectivity index (χ2v) is 4.78. The molecule has 0 N–H and O–H groups in total. The lowest BCUT2D eigenvalue weighted by atomic mass is 9.69. The Hall–Kier alpha value is -0.220. The van der Waals surface area contributed by atoms with Gasteiger partial charge in [0.05, 0.1) is 12.0 Å². The molecule has 16 heavy (non-hydrogen) atoms. The number of piperidine rings is 1. The summed E-state index contributed by atoms with van der Waals surface area (Å²) in [7, 11) is 1.91. The van der Waals surface area contributed by atoms with Crippen LogP contribution in [0.25, 0.3) is 0 Å². The number of likely N-dealkylation sites (tertiary alicyclic amines) is 2. The number of halogens is 2. The fourth-order valence-corrected chi connectivity index (χ4v) is 2.73. The molecule has 2 saturated heterocycles. The van der Waals surface area contributed by atoms with Gasteiger partial charge in [-0.05, 0) is 26.6 Å². The lowest BCUT2D eigenvalue weighted by Gasteiger charge is -2.56. The average molecular weight is 234 g/mol. The Morgan fingerprint density at radius 2 is 1.69 bits per heavy atom. The van der Waals surface area contributed by atoms with E-state index in [-0.39, 0.29) is 6.54 Å². The van der Waals surface area contributed by atoms with Crippen LogP contribution in [0.1, 0.15) is 27.2 Å². The van der Waals surface area contributed by atoms with Crippen LogP contribution in [0.3, 0.4) is 0 Å². The highest BCUT2D eigenvalue weighted by Gasteiger charge is 2.61. The zero-order valence-corrected chi connectivity index (χ0v) is 10.9. The molecule has 0 aromatic rings. The van der Waals surface area contributed by atoms with Gasteiger partial charge in [0, 0.05) is 13.1 Å². The van der Waals surface area contributed by atoms with Crippen molar-refractivity contribution in [1.29, 1.82) is 0 Å². The molecule has 0 amide bonds. The van der Waals surface area contributed by atoms with Crippen LogP contribution >= 0.6 is 0 Å². The Labute approximate surface area is 97.6 Å². The third-order valence-corrected chi connectivity index (χ3v) is 3.70. The number of rotatable bonds is 1. The monoisotopic (exact) mass is 234 g/mol. The topological polar surface area (TPSA) is 6.48 Å². The molecule has 0 unspecified atom stereocenters. The molecule has 4 heteroatoms.